The van der Waals surface area contributed by atoms with Gasteiger partial charge in [0.25, 0.3) is 0 Å². The van der Waals surface area contributed by atoms with Gasteiger partial charge in [-0.1, -0.05) is 11.6 Å². The Morgan fingerprint density at radius 3 is 3.06 bits per heavy atom. The van der Waals surface area contributed by atoms with E-state index in [-0.39, 0.29) is 6.17 Å². The van der Waals surface area contributed by atoms with Gasteiger partial charge in [-0.25, -0.2) is 14.7 Å². The molecule has 0 aromatic carbocycles. The summed E-state index contributed by atoms with van der Waals surface area (Å²) < 4.78 is 7.28. The molecule has 0 aliphatic carbocycles. The van der Waals surface area contributed by atoms with Crippen LogP contribution in [-0.4, -0.2) is 27.3 Å². The van der Waals surface area contributed by atoms with E-state index in [0.29, 0.717) is 17.7 Å². The van der Waals surface area contributed by atoms with E-state index in [1.807, 2.05) is 18.3 Å². The lowest BCUT2D eigenvalue weighted by Gasteiger charge is -2.03. The molecule has 0 fully saturated rings. The van der Waals surface area contributed by atoms with Crippen LogP contribution in [0, 0.1) is 0 Å². The van der Waals surface area contributed by atoms with Crippen molar-refractivity contribution in [3.63, 3.8) is 0 Å². The van der Waals surface area contributed by atoms with Crippen molar-refractivity contribution in [2.75, 3.05) is 6.61 Å². The third-order valence-corrected chi connectivity index (χ3v) is 2.66. The Morgan fingerprint density at radius 2 is 2.35 bits per heavy atom. The normalized spacial score (nSPS) is 18.9. The fourth-order valence-corrected chi connectivity index (χ4v) is 1.73. The van der Waals surface area contributed by atoms with Gasteiger partial charge in [-0.2, -0.15) is 5.10 Å². The van der Waals surface area contributed by atoms with E-state index in [0.717, 1.165) is 5.56 Å². The van der Waals surface area contributed by atoms with Crippen LogP contribution in [0.15, 0.2) is 41.8 Å². The predicted molar refractivity (Wildman–Crippen MR) is 63.0 cm³/mol. The predicted octanol–water partition coefficient (Wildman–Crippen LogP) is 1.91. The molecule has 2 aromatic rings. The Balaban J connectivity index is 1.86. The summed E-state index contributed by atoms with van der Waals surface area (Å²) in [5.41, 5.74) is 0.823. The molecule has 6 heteroatoms. The highest BCUT2D eigenvalue weighted by Crippen LogP contribution is 2.19. The van der Waals surface area contributed by atoms with Gasteiger partial charge in [-0.15, -0.1) is 0 Å². The lowest BCUT2D eigenvalue weighted by molar-refractivity contribution is 0.278. The first-order chi connectivity index (χ1) is 8.33. The van der Waals surface area contributed by atoms with Gasteiger partial charge in [-0.05, 0) is 18.2 Å². The molecule has 86 valence electrons. The highest BCUT2D eigenvalue weighted by Gasteiger charge is 2.21. The minimum Gasteiger partial charge on any atom is -0.473 e. The molecule has 5 nitrogen and oxygen atoms in total. The lowest BCUT2D eigenvalue weighted by Crippen LogP contribution is -2.08. The van der Waals surface area contributed by atoms with Crippen LogP contribution >= 0.6 is 11.6 Å². The Bertz CT molecular complexity index is 535. The van der Waals surface area contributed by atoms with E-state index in [1.165, 1.54) is 0 Å². The maximum Gasteiger partial charge on any atom is 0.220 e. The van der Waals surface area contributed by atoms with Crippen LogP contribution in [0.25, 0.3) is 0 Å². The number of nitrogens with zero attached hydrogens (tertiary/aromatic N) is 4. The summed E-state index contributed by atoms with van der Waals surface area (Å²) in [6, 6.07) is 5.40. The highest BCUT2D eigenvalue weighted by molar-refractivity contribution is 6.29. The number of hydrogen-bond donors (Lipinski definition) is 0. The number of hydrogen-bond acceptors (Lipinski definition) is 4. The van der Waals surface area contributed by atoms with Crippen LogP contribution in [0.2, 0.25) is 5.15 Å². The number of aliphatic imine (C=N–C) groups is 1. The van der Waals surface area contributed by atoms with Gasteiger partial charge in [0.2, 0.25) is 5.90 Å². The van der Waals surface area contributed by atoms with E-state index in [2.05, 4.69) is 15.1 Å². The van der Waals surface area contributed by atoms with Crippen molar-refractivity contribution in [3.8, 4) is 0 Å². The zero-order valence-corrected chi connectivity index (χ0v) is 9.58. The van der Waals surface area contributed by atoms with Crippen molar-refractivity contribution < 1.29 is 4.74 Å². The monoisotopic (exact) mass is 248 g/mol. The number of pyridine rings is 1. The van der Waals surface area contributed by atoms with Gasteiger partial charge >= 0.3 is 0 Å². The Hall–Kier alpha value is -1.88. The molecule has 1 atom stereocenters. The molecule has 0 saturated carbocycles. The molecule has 0 N–H and O–H groups in total. The fraction of sp³-hybridized carbons (Fsp3) is 0.182. The van der Waals surface area contributed by atoms with E-state index in [9.17, 15) is 0 Å². The minimum absolute atomic E-state index is 0.101. The van der Waals surface area contributed by atoms with Crippen LogP contribution in [0.5, 0.6) is 0 Å². The van der Waals surface area contributed by atoms with E-state index < -0.39 is 0 Å². The van der Waals surface area contributed by atoms with Gasteiger partial charge in [0.15, 0.2) is 6.17 Å². The van der Waals surface area contributed by atoms with Crippen LogP contribution < -0.4 is 0 Å². The summed E-state index contributed by atoms with van der Waals surface area (Å²) in [7, 11) is 0. The summed E-state index contributed by atoms with van der Waals surface area (Å²) >= 11 is 5.72. The molecular formula is C11H9ClN4O. The average Bonchev–Trinajstić information content (AvgIpc) is 3.00. The van der Waals surface area contributed by atoms with Crippen LogP contribution in [-0.2, 0) is 4.74 Å². The van der Waals surface area contributed by atoms with Crippen LogP contribution in [0.4, 0.5) is 0 Å². The van der Waals surface area contributed by atoms with Crippen molar-refractivity contribution in [2.45, 2.75) is 6.17 Å². The first-order valence-corrected chi connectivity index (χ1v) is 5.52. The molecule has 0 amide bonds. The standard InChI is InChI=1S/C11H9ClN4O/c12-9-3-2-8(6-13-9)11-15-10(7-17-11)16-5-1-4-14-16/h1-6,10H,7H2. The smallest absolute Gasteiger partial charge is 0.220 e. The van der Waals surface area contributed by atoms with Gasteiger partial charge < -0.3 is 4.74 Å². The lowest BCUT2D eigenvalue weighted by atomic mass is 10.3. The van der Waals surface area contributed by atoms with Crippen molar-refractivity contribution in [1.82, 2.24) is 14.8 Å². The minimum atomic E-state index is -0.101. The largest absolute Gasteiger partial charge is 0.473 e. The van der Waals surface area contributed by atoms with E-state index >= 15 is 0 Å². The summed E-state index contributed by atoms with van der Waals surface area (Å²) in [6.45, 7) is 0.486. The molecule has 17 heavy (non-hydrogen) atoms. The van der Waals surface area contributed by atoms with Gasteiger partial charge in [0.05, 0.1) is 5.56 Å². The van der Waals surface area contributed by atoms with Gasteiger partial charge in [0.1, 0.15) is 11.8 Å². The molecule has 1 aliphatic heterocycles. The molecule has 0 saturated heterocycles. The fourth-order valence-electron chi connectivity index (χ4n) is 1.62. The third-order valence-electron chi connectivity index (χ3n) is 2.44. The molecule has 1 aliphatic rings. The van der Waals surface area contributed by atoms with Crippen molar-refractivity contribution in [2.24, 2.45) is 4.99 Å². The Morgan fingerprint density at radius 1 is 1.41 bits per heavy atom. The SMILES string of the molecule is Clc1ccc(C2=NC(n3cccn3)CO2)cn1. The number of rotatable bonds is 2. The van der Waals surface area contributed by atoms with E-state index in [4.69, 9.17) is 16.3 Å². The molecule has 0 spiro atoms. The second kappa shape index (κ2) is 4.18. The number of halogens is 1. The zero-order valence-electron chi connectivity index (χ0n) is 8.82. The first kappa shape index (κ1) is 10.3. The summed E-state index contributed by atoms with van der Waals surface area (Å²) in [5.74, 6) is 0.578. The molecule has 1 unspecified atom stereocenters. The average molecular weight is 249 g/mol. The molecule has 3 heterocycles. The second-order valence-corrected chi connectivity index (χ2v) is 3.97. The van der Waals surface area contributed by atoms with Crippen molar-refractivity contribution in [1.29, 1.82) is 0 Å². The topological polar surface area (TPSA) is 52.3 Å². The number of aromatic nitrogens is 3. The Labute approximate surface area is 103 Å². The third kappa shape index (κ3) is 2.01. The molecule has 2 aromatic heterocycles. The molecule has 0 bridgehead atoms. The molecule has 3 rings (SSSR count). The van der Waals surface area contributed by atoms with Crippen molar-refractivity contribution in [3.05, 3.63) is 47.5 Å². The molecule has 0 radical (unpaired) electrons. The second-order valence-electron chi connectivity index (χ2n) is 3.58. The highest BCUT2D eigenvalue weighted by atomic mass is 35.5. The maximum atomic E-state index is 5.72. The zero-order chi connectivity index (χ0) is 11.7. The van der Waals surface area contributed by atoms with Crippen LogP contribution in [0.1, 0.15) is 11.7 Å². The van der Waals surface area contributed by atoms with Crippen molar-refractivity contribution >= 4 is 17.5 Å². The molecular weight excluding hydrogens is 240 g/mol. The summed E-state index contributed by atoms with van der Waals surface area (Å²) in [5, 5.41) is 4.59. The Kier molecular flexibility index (Phi) is 2.53. The quantitative estimate of drug-likeness (QED) is 0.763. The van der Waals surface area contributed by atoms with Gasteiger partial charge in [0, 0.05) is 18.6 Å². The summed E-state index contributed by atoms with van der Waals surface area (Å²) in [4.78, 5) is 8.44. The van der Waals surface area contributed by atoms with Crippen LogP contribution in [0.3, 0.4) is 0 Å². The summed E-state index contributed by atoms with van der Waals surface area (Å²) in [6.07, 6.45) is 5.13. The van der Waals surface area contributed by atoms with E-state index in [1.54, 1.807) is 23.1 Å². The first-order valence-electron chi connectivity index (χ1n) is 5.14. The number of ether oxygens (including phenoxy) is 1. The van der Waals surface area contributed by atoms with Gasteiger partial charge in [-0.3, -0.25) is 0 Å². The maximum absolute atomic E-state index is 5.72.